The van der Waals surface area contributed by atoms with Crippen molar-refractivity contribution >= 4 is 11.7 Å². The van der Waals surface area contributed by atoms with Crippen LogP contribution < -0.4 is 16.0 Å². The van der Waals surface area contributed by atoms with Gasteiger partial charge in [0.2, 0.25) is 0 Å². The van der Waals surface area contributed by atoms with Gasteiger partial charge in [-0.2, -0.15) is 8.75 Å². The quantitative estimate of drug-likeness (QED) is 0.649. The predicted octanol–water partition coefficient (Wildman–Crippen LogP) is 1.72. The van der Waals surface area contributed by atoms with Gasteiger partial charge in [-0.1, -0.05) is 6.07 Å². The molecule has 0 aliphatic heterocycles. The first-order valence-electron chi connectivity index (χ1n) is 5.56. The van der Waals surface area contributed by atoms with Crippen LogP contribution in [0.25, 0.3) is 0 Å². The van der Waals surface area contributed by atoms with Gasteiger partial charge in [0.05, 0.1) is 36.8 Å². The molecule has 0 saturated carbocycles. The van der Waals surface area contributed by atoms with Crippen LogP contribution in [0.2, 0.25) is 0 Å². The van der Waals surface area contributed by atoms with Gasteiger partial charge in [0.25, 0.3) is 0 Å². The van der Waals surface area contributed by atoms with Crippen LogP contribution in [-0.4, -0.2) is 15.9 Å². The van der Waals surface area contributed by atoms with Crippen LogP contribution in [0.4, 0.5) is 0 Å². The molecule has 96 valence electrons. The fraction of sp³-hybridized carbons (Fsp3) is 0.333. The van der Waals surface area contributed by atoms with E-state index in [0.29, 0.717) is 0 Å². The Kier molecular flexibility index (Phi) is 3.90. The molecule has 2 rings (SSSR count). The van der Waals surface area contributed by atoms with Gasteiger partial charge in [0.1, 0.15) is 5.75 Å². The highest BCUT2D eigenvalue weighted by atomic mass is 32.1. The molecular weight excluding hydrogens is 248 g/mol. The third kappa shape index (κ3) is 2.35. The zero-order chi connectivity index (χ0) is 13.1. The van der Waals surface area contributed by atoms with Crippen LogP contribution in [0.1, 0.15) is 28.4 Å². The fourth-order valence-corrected chi connectivity index (χ4v) is 2.43. The Morgan fingerprint density at radius 3 is 2.67 bits per heavy atom. The van der Waals surface area contributed by atoms with Crippen LogP contribution in [0.3, 0.4) is 0 Å². The number of hydrogen-bond donors (Lipinski definition) is 2. The van der Waals surface area contributed by atoms with E-state index in [1.165, 1.54) is 11.7 Å². The lowest BCUT2D eigenvalue weighted by Crippen LogP contribution is -2.29. The lowest BCUT2D eigenvalue weighted by Gasteiger charge is -2.18. The normalized spacial score (nSPS) is 12.4. The Labute approximate surface area is 110 Å². The van der Waals surface area contributed by atoms with Gasteiger partial charge in [-0.05, 0) is 36.6 Å². The second-order valence-corrected chi connectivity index (χ2v) is 4.67. The van der Waals surface area contributed by atoms with E-state index in [9.17, 15) is 0 Å². The summed E-state index contributed by atoms with van der Waals surface area (Å²) in [6.45, 7) is 4.04. The number of nitrogens with one attached hydrogen (secondary N) is 1. The van der Waals surface area contributed by atoms with Crippen molar-refractivity contribution in [1.82, 2.24) is 14.2 Å². The van der Waals surface area contributed by atoms with Gasteiger partial charge in [-0.25, -0.2) is 5.43 Å². The van der Waals surface area contributed by atoms with Crippen LogP contribution in [-0.2, 0) is 0 Å². The number of hydrazine groups is 1. The molecule has 2 aromatic rings. The second-order valence-electron chi connectivity index (χ2n) is 4.11. The molecule has 0 amide bonds. The maximum Gasteiger partial charge on any atom is 0.122 e. The van der Waals surface area contributed by atoms with Crippen LogP contribution in [0.5, 0.6) is 5.75 Å². The fourth-order valence-electron chi connectivity index (χ4n) is 1.98. The SMILES string of the molecule is COc1cc(C)c(C(NN)c2cnsn2)cc1C. The molecule has 1 aromatic carbocycles. The number of rotatable bonds is 4. The monoisotopic (exact) mass is 264 g/mol. The first kappa shape index (κ1) is 12.9. The highest BCUT2D eigenvalue weighted by Crippen LogP contribution is 2.29. The summed E-state index contributed by atoms with van der Waals surface area (Å²) in [4.78, 5) is 0. The van der Waals surface area contributed by atoms with Crippen molar-refractivity contribution < 1.29 is 4.74 Å². The Hall–Kier alpha value is -1.50. The largest absolute Gasteiger partial charge is 0.496 e. The van der Waals surface area contributed by atoms with Crippen molar-refractivity contribution in [2.45, 2.75) is 19.9 Å². The lowest BCUT2D eigenvalue weighted by molar-refractivity contribution is 0.411. The average molecular weight is 264 g/mol. The number of aryl methyl sites for hydroxylation is 2. The molecule has 3 N–H and O–H groups in total. The summed E-state index contributed by atoms with van der Waals surface area (Å²) in [6.07, 6.45) is 1.73. The summed E-state index contributed by atoms with van der Waals surface area (Å²) in [5.74, 6) is 6.52. The van der Waals surface area contributed by atoms with Crippen molar-refractivity contribution in [3.8, 4) is 5.75 Å². The summed E-state index contributed by atoms with van der Waals surface area (Å²) < 4.78 is 13.6. The summed E-state index contributed by atoms with van der Waals surface area (Å²) in [7, 11) is 1.67. The van der Waals surface area contributed by atoms with Crippen LogP contribution in [0, 0.1) is 13.8 Å². The summed E-state index contributed by atoms with van der Waals surface area (Å²) in [5, 5.41) is 0. The highest BCUT2D eigenvalue weighted by Gasteiger charge is 2.18. The minimum Gasteiger partial charge on any atom is -0.496 e. The van der Waals surface area contributed by atoms with E-state index in [1.54, 1.807) is 13.3 Å². The van der Waals surface area contributed by atoms with Gasteiger partial charge in [-0.3, -0.25) is 5.84 Å². The third-order valence-corrected chi connectivity index (χ3v) is 3.43. The standard InChI is InChI=1S/C12H16N4OS/c1-7-5-11(17-3)8(2)4-9(7)12(15-13)10-6-14-18-16-10/h4-6,12,15H,13H2,1-3H3. The zero-order valence-corrected chi connectivity index (χ0v) is 11.4. The minimum absolute atomic E-state index is 0.145. The van der Waals surface area contributed by atoms with Crippen molar-refractivity contribution in [3.05, 3.63) is 40.7 Å². The maximum absolute atomic E-state index is 5.64. The van der Waals surface area contributed by atoms with Crippen LogP contribution >= 0.6 is 11.7 Å². The molecule has 0 aliphatic carbocycles. The van der Waals surface area contributed by atoms with E-state index in [-0.39, 0.29) is 6.04 Å². The molecular formula is C12H16N4OS. The van der Waals surface area contributed by atoms with Gasteiger partial charge in [0.15, 0.2) is 0 Å². The van der Waals surface area contributed by atoms with E-state index in [4.69, 9.17) is 10.6 Å². The second kappa shape index (κ2) is 5.43. The predicted molar refractivity (Wildman–Crippen MR) is 71.5 cm³/mol. The van der Waals surface area contributed by atoms with Gasteiger partial charge in [0, 0.05) is 0 Å². The minimum atomic E-state index is -0.145. The Balaban J connectivity index is 2.46. The number of methoxy groups -OCH3 is 1. The molecule has 1 heterocycles. The van der Waals surface area contributed by atoms with Crippen molar-refractivity contribution in [1.29, 1.82) is 0 Å². The number of ether oxygens (including phenoxy) is 1. The molecule has 6 heteroatoms. The van der Waals surface area contributed by atoms with E-state index in [2.05, 4.69) is 20.2 Å². The smallest absolute Gasteiger partial charge is 0.122 e. The lowest BCUT2D eigenvalue weighted by atomic mass is 9.97. The molecule has 1 unspecified atom stereocenters. The molecule has 18 heavy (non-hydrogen) atoms. The first-order valence-corrected chi connectivity index (χ1v) is 6.29. The summed E-state index contributed by atoms with van der Waals surface area (Å²) >= 11 is 1.18. The summed E-state index contributed by atoms with van der Waals surface area (Å²) in [5.41, 5.74) is 6.88. The average Bonchev–Trinajstić information content (AvgIpc) is 2.87. The van der Waals surface area contributed by atoms with Crippen LogP contribution in [0.15, 0.2) is 18.3 Å². The number of nitrogens with zero attached hydrogens (tertiary/aromatic N) is 2. The molecule has 1 aromatic heterocycles. The van der Waals surface area contributed by atoms with E-state index in [0.717, 1.165) is 28.1 Å². The molecule has 0 radical (unpaired) electrons. The van der Waals surface area contributed by atoms with E-state index < -0.39 is 0 Å². The van der Waals surface area contributed by atoms with Gasteiger partial charge < -0.3 is 4.74 Å². The molecule has 1 atom stereocenters. The number of aromatic nitrogens is 2. The molecule has 0 bridgehead atoms. The Morgan fingerprint density at radius 2 is 2.11 bits per heavy atom. The topological polar surface area (TPSA) is 73.1 Å². The van der Waals surface area contributed by atoms with E-state index >= 15 is 0 Å². The highest BCUT2D eigenvalue weighted by molar-refractivity contribution is 6.99. The molecule has 0 saturated heterocycles. The molecule has 0 aliphatic rings. The van der Waals surface area contributed by atoms with Crippen molar-refractivity contribution in [3.63, 3.8) is 0 Å². The molecule has 0 spiro atoms. The Morgan fingerprint density at radius 1 is 1.33 bits per heavy atom. The molecule has 5 nitrogen and oxygen atoms in total. The summed E-state index contributed by atoms with van der Waals surface area (Å²) in [6, 6.07) is 3.93. The van der Waals surface area contributed by atoms with Crippen molar-refractivity contribution in [2.24, 2.45) is 5.84 Å². The van der Waals surface area contributed by atoms with Crippen molar-refractivity contribution in [2.75, 3.05) is 7.11 Å². The zero-order valence-electron chi connectivity index (χ0n) is 10.6. The van der Waals surface area contributed by atoms with Gasteiger partial charge in [-0.15, -0.1) is 0 Å². The number of benzene rings is 1. The maximum atomic E-state index is 5.64. The molecule has 0 fully saturated rings. The first-order chi connectivity index (χ1) is 8.67. The van der Waals surface area contributed by atoms with Gasteiger partial charge >= 0.3 is 0 Å². The Bertz CT molecular complexity index is 527. The number of hydrogen-bond acceptors (Lipinski definition) is 6. The third-order valence-electron chi connectivity index (χ3n) is 2.94. The number of nitrogens with two attached hydrogens (primary N) is 1. The van der Waals surface area contributed by atoms with E-state index in [1.807, 2.05) is 19.9 Å².